The van der Waals surface area contributed by atoms with Gasteiger partial charge >= 0.3 is 0 Å². The standard InChI is InChI=1S/C50H95N7O12/c1-37(2)66-33-18-10-13-23-43(59)51-27-17-16-22-42(55-46(62)26-21-28-54-49(64)48(56-47(63)36-58)41(9)69-40(7)8)50(65)57(31-29-52-44(60)24-14-11-19-34-67-38(3)4)32-30-53-45(61)25-15-12-20-35-68-39(5)6/h37-42,48,58H,10-36H2,1-9H3,(H,51,59)(H,52,60)(H,53,61)(H,54,64)(H,55,62)(H,56,63). The van der Waals surface area contributed by atoms with E-state index >= 15 is 0 Å². The van der Waals surface area contributed by atoms with Gasteiger partial charge in [0, 0.05) is 84.8 Å². The first-order valence-corrected chi connectivity index (χ1v) is 25.9. The van der Waals surface area contributed by atoms with E-state index in [1.807, 2.05) is 41.5 Å². The molecule has 0 heterocycles. The van der Waals surface area contributed by atoms with Crippen molar-refractivity contribution in [3.8, 4) is 0 Å². The van der Waals surface area contributed by atoms with Gasteiger partial charge in [-0.1, -0.05) is 19.3 Å². The molecule has 0 fully saturated rings. The Bertz CT molecular complexity index is 1380. The molecular formula is C50H95N7O12. The third kappa shape index (κ3) is 38.5. The van der Waals surface area contributed by atoms with Crippen molar-refractivity contribution < 1.29 is 57.6 Å². The minimum atomic E-state index is -1.08. The van der Waals surface area contributed by atoms with E-state index in [0.717, 1.165) is 44.9 Å². The molecule has 69 heavy (non-hydrogen) atoms. The molecule has 19 nitrogen and oxygen atoms in total. The molecule has 0 aliphatic carbocycles. The third-order valence-electron chi connectivity index (χ3n) is 10.7. The highest BCUT2D eigenvalue weighted by atomic mass is 16.5. The van der Waals surface area contributed by atoms with Crippen LogP contribution in [0.1, 0.15) is 171 Å². The van der Waals surface area contributed by atoms with E-state index in [9.17, 15) is 38.7 Å². The summed E-state index contributed by atoms with van der Waals surface area (Å²) in [6.45, 7) is 19.4. The van der Waals surface area contributed by atoms with Crippen LogP contribution in [-0.4, -0.2) is 160 Å². The molecule has 7 amide bonds. The molecule has 7 N–H and O–H groups in total. The topological polar surface area (TPSA) is 252 Å². The zero-order valence-electron chi connectivity index (χ0n) is 44.0. The van der Waals surface area contributed by atoms with E-state index in [4.69, 9.17) is 18.9 Å². The van der Waals surface area contributed by atoms with Gasteiger partial charge in [0.1, 0.15) is 18.7 Å². The van der Waals surface area contributed by atoms with Gasteiger partial charge in [-0.2, -0.15) is 0 Å². The van der Waals surface area contributed by atoms with Crippen LogP contribution in [0, 0.1) is 0 Å². The first-order chi connectivity index (χ1) is 32.9. The molecule has 0 aromatic carbocycles. The van der Waals surface area contributed by atoms with E-state index in [1.165, 1.54) is 0 Å². The maximum atomic E-state index is 14.4. The van der Waals surface area contributed by atoms with Crippen molar-refractivity contribution in [2.45, 2.75) is 214 Å². The second kappa shape index (κ2) is 41.8. The number of carbonyl (C=O) groups is 7. The Balaban J connectivity index is 5.82. The fraction of sp³-hybridized carbons (Fsp3) is 0.860. The van der Waals surface area contributed by atoms with Crippen LogP contribution in [0.2, 0.25) is 0 Å². The summed E-state index contributed by atoms with van der Waals surface area (Å²) in [6.07, 6.45) is 9.48. The fourth-order valence-electron chi connectivity index (χ4n) is 7.05. The van der Waals surface area contributed by atoms with Crippen molar-refractivity contribution in [3.63, 3.8) is 0 Å². The Labute approximate surface area is 414 Å². The zero-order chi connectivity index (χ0) is 51.8. The molecule has 3 unspecified atom stereocenters. The number of unbranched alkanes of at least 4 members (excludes halogenated alkanes) is 7. The third-order valence-corrected chi connectivity index (χ3v) is 10.7. The first kappa shape index (κ1) is 65.1. The van der Waals surface area contributed by atoms with Gasteiger partial charge in [0.15, 0.2) is 0 Å². The Hall–Kier alpha value is -3.91. The summed E-state index contributed by atoms with van der Waals surface area (Å²) in [6, 6.07) is -2.03. The smallest absolute Gasteiger partial charge is 0.246 e. The van der Waals surface area contributed by atoms with Crippen LogP contribution in [0.25, 0.3) is 0 Å². The summed E-state index contributed by atoms with van der Waals surface area (Å²) in [5.41, 5.74) is 0. The molecule has 0 aromatic heterocycles. The van der Waals surface area contributed by atoms with Crippen molar-refractivity contribution in [1.82, 2.24) is 36.8 Å². The van der Waals surface area contributed by atoms with Crippen molar-refractivity contribution in [1.29, 1.82) is 0 Å². The van der Waals surface area contributed by atoms with Crippen molar-refractivity contribution in [3.05, 3.63) is 0 Å². The number of aliphatic hydroxyl groups excluding tert-OH is 1. The first-order valence-electron chi connectivity index (χ1n) is 25.9. The highest BCUT2D eigenvalue weighted by Gasteiger charge is 2.29. The van der Waals surface area contributed by atoms with Crippen molar-refractivity contribution in [2.75, 3.05) is 65.7 Å². The molecule has 3 atom stereocenters. The molecule has 0 radical (unpaired) electrons. The molecule has 19 heteroatoms. The molecule has 0 saturated carbocycles. The van der Waals surface area contributed by atoms with Crippen LogP contribution >= 0.6 is 0 Å². The van der Waals surface area contributed by atoms with Gasteiger partial charge in [-0.3, -0.25) is 33.6 Å². The average molecular weight is 986 g/mol. The Morgan fingerprint density at radius 3 is 1.32 bits per heavy atom. The summed E-state index contributed by atoms with van der Waals surface area (Å²) in [5, 5.41) is 26.1. The van der Waals surface area contributed by atoms with E-state index < -0.39 is 42.5 Å². The van der Waals surface area contributed by atoms with Gasteiger partial charge in [0.05, 0.1) is 30.5 Å². The average Bonchev–Trinajstić information content (AvgIpc) is 3.28. The highest BCUT2D eigenvalue weighted by Crippen LogP contribution is 2.10. The molecule has 0 aliphatic rings. The Kier molecular flexibility index (Phi) is 39.5. The van der Waals surface area contributed by atoms with Crippen LogP contribution in [0.15, 0.2) is 0 Å². The van der Waals surface area contributed by atoms with Gasteiger partial charge in [-0.25, -0.2) is 0 Å². The largest absolute Gasteiger partial charge is 0.387 e. The second-order valence-corrected chi connectivity index (χ2v) is 18.7. The maximum Gasteiger partial charge on any atom is 0.246 e. The van der Waals surface area contributed by atoms with Crippen LogP contribution in [0.3, 0.4) is 0 Å². The highest BCUT2D eigenvalue weighted by molar-refractivity contribution is 5.89. The predicted molar refractivity (Wildman–Crippen MR) is 267 cm³/mol. The van der Waals surface area contributed by atoms with Gasteiger partial charge in [0.2, 0.25) is 41.4 Å². The summed E-state index contributed by atoms with van der Waals surface area (Å²) < 4.78 is 22.5. The number of carbonyl (C=O) groups excluding carboxylic acids is 7. The number of rotatable bonds is 44. The van der Waals surface area contributed by atoms with Crippen molar-refractivity contribution >= 4 is 41.4 Å². The molecule has 0 saturated heterocycles. The van der Waals surface area contributed by atoms with E-state index in [0.29, 0.717) is 71.3 Å². The number of nitrogens with zero attached hydrogens (tertiary/aromatic N) is 1. The minimum absolute atomic E-state index is 0.0330. The molecule has 0 aliphatic heterocycles. The van der Waals surface area contributed by atoms with Crippen LogP contribution in [-0.2, 0) is 52.5 Å². The maximum absolute atomic E-state index is 14.4. The SMILES string of the molecule is CC(C)OCCCCCC(=O)NCCCCC(NC(=O)CCCNC(=O)C(NC(=O)CO)C(C)OC(C)C)C(=O)N(CCNC(=O)CCCCCOC(C)C)CCNC(=O)CCCCCOC(C)C. The lowest BCUT2D eigenvalue weighted by atomic mass is 10.1. The summed E-state index contributed by atoms with van der Waals surface area (Å²) in [5.74, 6) is -2.39. The number of amides is 7. The monoisotopic (exact) mass is 986 g/mol. The fourth-order valence-corrected chi connectivity index (χ4v) is 7.05. The van der Waals surface area contributed by atoms with Gasteiger partial charge in [0.25, 0.3) is 0 Å². The van der Waals surface area contributed by atoms with Gasteiger partial charge in [-0.15, -0.1) is 0 Å². The van der Waals surface area contributed by atoms with Gasteiger partial charge in [-0.05, 0) is 127 Å². The number of aliphatic hydroxyl groups is 1. The molecular weight excluding hydrogens is 891 g/mol. The van der Waals surface area contributed by atoms with E-state index in [2.05, 4.69) is 31.9 Å². The summed E-state index contributed by atoms with van der Waals surface area (Å²) in [7, 11) is 0. The molecule has 0 rings (SSSR count). The Morgan fingerprint density at radius 2 is 0.884 bits per heavy atom. The number of hydrogen-bond acceptors (Lipinski definition) is 12. The normalized spacial score (nSPS) is 12.7. The van der Waals surface area contributed by atoms with Crippen molar-refractivity contribution in [2.24, 2.45) is 0 Å². The lowest BCUT2D eigenvalue weighted by molar-refractivity contribution is -0.137. The van der Waals surface area contributed by atoms with Gasteiger partial charge < -0.3 is 60.9 Å². The number of ether oxygens (including phenoxy) is 4. The molecule has 0 bridgehead atoms. The van der Waals surface area contributed by atoms with E-state index in [1.54, 1.807) is 25.7 Å². The second-order valence-electron chi connectivity index (χ2n) is 18.7. The Morgan fingerprint density at radius 1 is 0.449 bits per heavy atom. The molecule has 0 aromatic rings. The summed E-state index contributed by atoms with van der Waals surface area (Å²) >= 11 is 0. The molecule has 0 spiro atoms. The lowest BCUT2D eigenvalue weighted by Crippen LogP contribution is -2.54. The quantitative estimate of drug-likeness (QED) is 0.0429. The number of nitrogens with one attached hydrogen (secondary N) is 6. The van der Waals surface area contributed by atoms with Crippen LogP contribution in [0.5, 0.6) is 0 Å². The van der Waals surface area contributed by atoms with Crippen LogP contribution < -0.4 is 31.9 Å². The minimum Gasteiger partial charge on any atom is -0.387 e. The van der Waals surface area contributed by atoms with Crippen LogP contribution in [0.4, 0.5) is 0 Å². The zero-order valence-corrected chi connectivity index (χ0v) is 44.0. The number of hydrogen-bond donors (Lipinski definition) is 7. The molecule has 402 valence electrons. The van der Waals surface area contributed by atoms with E-state index in [-0.39, 0.29) is 100 Å². The lowest BCUT2D eigenvalue weighted by Gasteiger charge is -2.28. The summed E-state index contributed by atoms with van der Waals surface area (Å²) in [4.78, 5) is 92.5. The predicted octanol–water partition coefficient (Wildman–Crippen LogP) is 3.96.